The molecule has 6 nitrogen and oxygen atoms in total. The molecule has 0 aliphatic heterocycles. The summed E-state index contributed by atoms with van der Waals surface area (Å²) >= 11 is 0. The number of ether oxygens (including phenoxy) is 3. The van der Waals surface area contributed by atoms with Gasteiger partial charge in [0.25, 0.3) is 0 Å². The number of amides is 1. The monoisotopic (exact) mass is 378 g/mol. The number of anilines is 1. The van der Waals surface area contributed by atoms with Crippen molar-refractivity contribution in [3.05, 3.63) is 59.8 Å². The molecule has 0 aliphatic rings. The van der Waals surface area contributed by atoms with Crippen molar-refractivity contribution in [2.24, 2.45) is 0 Å². The Labute approximate surface area is 163 Å². The first-order valence-corrected chi connectivity index (χ1v) is 8.71. The predicted molar refractivity (Wildman–Crippen MR) is 110 cm³/mol. The molecule has 3 aromatic rings. The number of methoxy groups -OCH3 is 3. The summed E-state index contributed by atoms with van der Waals surface area (Å²) < 4.78 is 16.0. The van der Waals surface area contributed by atoms with Gasteiger partial charge < -0.3 is 19.5 Å². The van der Waals surface area contributed by atoms with E-state index in [9.17, 15) is 4.79 Å². The highest BCUT2D eigenvalue weighted by Crippen LogP contribution is 2.38. The first-order chi connectivity index (χ1) is 13.5. The number of fused-ring (bicyclic) bond motifs is 1. The summed E-state index contributed by atoms with van der Waals surface area (Å²) in [5.41, 5.74) is 3.23. The van der Waals surface area contributed by atoms with Gasteiger partial charge in [-0.15, -0.1) is 0 Å². The number of hydrogen-bond donors (Lipinski definition) is 1. The van der Waals surface area contributed by atoms with Gasteiger partial charge in [-0.2, -0.15) is 0 Å². The molecule has 0 unspecified atom stereocenters. The van der Waals surface area contributed by atoms with Crippen molar-refractivity contribution in [2.75, 3.05) is 26.6 Å². The molecule has 1 aromatic heterocycles. The third-order valence-corrected chi connectivity index (χ3v) is 4.24. The highest BCUT2D eigenvalue weighted by atomic mass is 16.5. The third kappa shape index (κ3) is 4.06. The highest BCUT2D eigenvalue weighted by molar-refractivity contribution is 6.07. The maximum Gasteiger partial charge on any atom is 0.248 e. The zero-order chi connectivity index (χ0) is 20.1. The molecule has 0 atom stereocenters. The molecular formula is C22H22N2O4. The molecule has 1 amide bonds. The SMILES string of the molecule is COc1cc(C=CC(=O)Nc2cccc3nc(C)ccc23)cc(OC)c1OC. The second-order valence-electron chi connectivity index (χ2n) is 6.11. The quantitative estimate of drug-likeness (QED) is 0.651. The van der Waals surface area contributed by atoms with Crippen molar-refractivity contribution in [3.8, 4) is 17.2 Å². The van der Waals surface area contributed by atoms with E-state index in [0.29, 0.717) is 22.9 Å². The molecule has 3 rings (SSSR count). The van der Waals surface area contributed by atoms with Crippen molar-refractivity contribution in [3.63, 3.8) is 0 Å². The van der Waals surface area contributed by atoms with Crippen molar-refractivity contribution < 1.29 is 19.0 Å². The van der Waals surface area contributed by atoms with Crippen molar-refractivity contribution in [1.82, 2.24) is 4.98 Å². The number of rotatable bonds is 6. The van der Waals surface area contributed by atoms with Crippen LogP contribution in [0.2, 0.25) is 0 Å². The summed E-state index contributed by atoms with van der Waals surface area (Å²) in [6.45, 7) is 1.94. The molecule has 0 aliphatic carbocycles. The van der Waals surface area contributed by atoms with Gasteiger partial charge in [-0.1, -0.05) is 6.07 Å². The zero-order valence-electron chi connectivity index (χ0n) is 16.3. The van der Waals surface area contributed by atoms with E-state index in [0.717, 1.165) is 22.2 Å². The van der Waals surface area contributed by atoms with Gasteiger partial charge in [0, 0.05) is 17.2 Å². The second-order valence-corrected chi connectivity index (χ2v) is 6.11. The Morgan fingerprint density at radius 2 is 1.71 bits per heavy atom. The van der Waals surface area contributed by atoms with E-state index < -0.39 is 0 Å². The number of nitrogens with one attached hydrogen (secondary N) is 1. The van der Waals surface area contributed by atoms with Crippen LogP contribution in [0.5, 0.6) is 17.2 Å². The number of aryl methyl sites for hydroxylation is 1. The molecule has 0 radical (unpaired) electrons. The fourth-order valence-electron chi connectivity index (χ4n) is 2.91. The lowest BCUT2D eigenvalue weighted by molar-refractivity contribution is -0.111. The van der Waals surface area contributed by atoms with Crippen LogP contribution in [0.1, 0.15) is 11.3 Å². The van der Waals surface area contributed by atoms with E-state index in [1.165, 1.54) is 6.08 Å². The minimum absolute atomic E-state index is 0.248. The van der Waals surface area contributed by atoms with Crippen LogP contribution >= 0.6 is 0 Å². The van der Waals surface area contributed by atoms with Crippen LogP contribution in [-0.2, 0) is 4.79 Å². The van der Waals surface area contributed by atoms with Gasteiger partial charge in [0.2, 0.25) is 11.7 Å². The molecule has 0 spiro atoms. The zero-order valence-corrected chi connectivity index (χ0v) is 16.3. The van der Waals surface area contributed by atoms with Gasteiger partial charge in [0.15, 0.2) is 11.5 Å². The van der Waals surface area contributed by atoms with Crippen LogP contribution in [0.3, 0.4) is 0 Å². The number of benzene rings is 2. The van der Waals surface area contributed by atoms with Crippen LogP contribution < -0.4 is 19.5 Å². The van der Waals surface area contributed by atoms with Crippen LogP contribution in [0.4, 0.5) is 5.69 Å². The third-order valence-electron chi connectivity index (χ3n) is 4.24. The van der Waals surface area contributed by atoms with Crippen molar-refractivity contribution in [1.29, 1.82) is 0 Å². The fourth-order valence-corrected chi connectivity index (χ4v) is 2.91. The van der Waals surface area contributed by atoms with E-state index in [-0.39, 0.29) is 5.91 Å². The Morgan fingerprint density at radius 1 is 1.00 bits per heavy atom. The molecule has 6 heteroatoms. The van der Waals surface area contributed by atoms with E-state index in [4.69, 9.17) is 14.2 Å². The lowest BCUT2D eigenvalue weighted by atomic mass is 10.1. The van der Waals surface area contributed by atoms with E-state index in [1.807, 2.05) is 37.3 Å². The molecule has 2 aromatic carbocycles. The molecule has 0 saturated carbocycles. The first kappa shape index (κ1) is 19.2. The Kier molecular flexibility index (Phi) is 5.79. The maximum absolute atomic E-state index is 12.4. The first-order valence-electron chi connectivity index (χ1n) is 8.71. The number of aromatic nitrogens is 1. The maximum atomic E-state index is 12.4. The standard InChI is InChI=1S/C22H22N2O4/c1-14-8-10-16-17(23-14)6-5-7-18(16)24-21(25)11-9-15-12-19(26-2)22(28-4)20(13-15)27-3/h5-13H,1-4H3,(H,24,25). The normalized spacial score (nSPS) is 10.9. The molecule has 1 heterocycles. The molecule has 0 bridgehead atoms. The van der Waals surface area contributed by atoms with Crippen LogP contribution in [-0.4, -0.2) is 32.2 Å². The summed E-state index contributed by atoms with van der Waals surface area (Å²) in [7, 11) is 4.64. The Bertz CT molecular complexity index is 1020. The predicted octanol–water partition coefficient (Wildman–Crippen LogP) is 4.22. The number of nitrogens with zero attached hydrogens (tertiary/aromatic N) is 1. The molecule has 144 valence electrons. The summed E-state index contributed by atoms with van der Waals surface area (Å²) in [6, 6.07) is 13.1. The van der Waals surface area contributed by atoms with Gasteiger partial charge in [-0.25, -0.2) is 0 Å². The Balaban J connectivity index is 1.83. The van der Waals surface area contributed by atoms with Gasteiger partial charge in [0.1, 0.15) is 0 Å². The highest BCUT2D eigenvalue weighted by Gasteiger charge is 2.12. The summed E-state index contributed by atoms with van der Waals surface area (Å²) in [5.74, 6) is 1.31. The summed E-state index contributed by atoms with van der Waals surface area (Å²) in [6.07, 6.45) is 3.15. The van der Waals surface area contributed by atoms with E-state index in [1.54, 1.807) is 39.5 Å². The minimum atomic E-state index is -0.248. The minimum Gasteiger partial charge on any atom is -0.493 e. The van der Waals surface area contributed by atoms with Crippen LogP contribution in [0, 0.1) is 6.92 Å². The molecular weight excluding hydrogens is 356 g/mol. The largest absolute Gasteiger partial charge is 0.493 e. The lowest BCUT2D eigenvalue weighted by Crippen LogP contribution is -2.08. The van der Waals surface area contributed by atoms with Gasteiger partial charge in [-0.3, -0.25) is 9.78 Å². The second kappa shape index (κ2) is 8.43. The van der Waals surface area contributed by atoms with Gasteiger partial charge in [-0.05, 0) is 55.0 Å². The Morgan fingerprint density at radius 3 is 2.36 bits per heavy atom. The van der Waals surface area contributed by atoms with Crippen LogP contribution in [0.25, 0.3) is 17.0 Å². The van der Waals surface area contributed by atoms with Gasteiger partial charge in [0.05, 0.1) is 32.5 Å². The molecule has 1 N–H and O–H groups in total. The molecule has 0 fully saturated rings. The summed E-state index contributed by atoms with van der Waals surface area (Å²) in [4.78, 5) is 16.9. The molecule has 0 saturated heterocycles. The fraction of sp³-hybridized carbons (Fsp3) is 0.182. The van der Waals surface area contributed by atoms with Gasteiger partial charge >= 0.3 is 0 Å². The van der Waals surface area contributed by atoms with E-state index >= 15 is 0 Å². The van der Waals surface area contributed by atoms with Crippen molar-refractivity contribution >= 4 is 28.6 Å². The molecule has 28 heavy (non-hydrogen) atoms. The number of hydrogen-bond acceptors (Lipinski definition) is 5. The number of pyridine rings is 1. The number of carbonyl (C=O) groups excluding carboxylic acids is 1. The average Bonchev–Trinajstić information content (AvgIpc) is 2.71. The smallest absolute Gasteiger partial charge is 0.248 e. The average molecular weight is 378 g/mol. The number of carbonyl (C=O) groups is 1. The lowest BCUT2D eigenvalue weighted by Gasteiger charge is -2.12. The van der Waals surface area contributed by atoms with Crippen LogP contribution in [0.15, 0.2) is 48.5 Å². The topological polar surface area (TPSA) is 69.7 Å². The van der Waals surface area contributed by atoms with Crippen molar-refractivity contribution in [2.45, 2.75) is 6.92 Å². The Hall–Kier alpha value is -3.54. The van der Waals surface area contributed by atoms with E-state index in [2.05, 4.69) is 10.3 Å². The summed E-state index contributed by atoms with van der Waals surface area (Å²) in [5, 5.41) is 3.79.